The first kappa shape index (κ1) is 17.4. The first-order valence-corrected chi connectivity index (χ1v) is 9.39. The lowest BCUT2D eigenvalue weighted by atomic mass is 10.1. The molecule has 0 aliphatic heterocycles. The molecule has 0 heterocycles. The van der Waals surface area contributed by atoms with Crippen molar-refractivity contribution in [1.82, 2.24) is 4.72 Å². The molecule has 1 aliphatic carbocycles. The summed E-state index contributed by atoms with van der Waals surface area (Å²) in [6.07, 6.45) is 1.51. The lowest BCUT2D eigenvalue weighted by Gasteiger charge is -2.18. The molecule has 0 atom stereocenters. The van der Waals surface area contributed by atoms with E-state index in [1.54, 1.807) is 19.2 Å². The molecule has 6 nitrogen and oxygen atoms in total. The van der Waals surface area contributed by atoms with Gasteiger partial charge in [0.25, 0.3) is 0 Å². The highest BCUT2D eigenvalue weighted by Crippen LogP contribution is 2.46. The van der Waals surface area contributed by atoms with Crippen molar-refractivity contribution >= 4 is 21.6 Å². The van der Waals surface area contributed by atoms with Crippen LogP contribution in [-0.4, -0.2) is 21.4 Å². The number of hydrogen-bond donors (Lipinski definition) is 2. The SMILES string of the molecule is COc1ccc(C2(NS(=O)(=O)c3ccc(NC(C)=O)cc3)CC2)cc1. The molecule has 0 bridgehead atoms. The van der Waals surface area contributed by atoms with Crippen molar-refractivity contribution in [3.05, 3.63) is 54.1 Å². The minimum absolute atomic E-state index is 0.168. The summed E-state index contributed by atoms with van der Waals surface area (Å²) in [6, 6.07) is 13.5. The van der Waals surface area contributed by atoms with Crippen molar-refractivity contribution in [2.75, 3.05) is 12.4 Å². The van der Waals surface area contributed by atoms with Crippen LogP contribution < -0.4 is 14.8 Å². The van der Waals surface area contributed by atoms with Crippen molar-refractivity contribution in [1.29, 1.82) is 0 Å². The van der Waals surface area contributed by atoms with Crippen LogP contribution in [0.4, 0.5) is 5.69 Å². The molecule has 25 heavy (non-hydrogen) atoms. The Morgan fingerprint density at radius 1 is 1.04 bits per heavy atom. The van der Waals surface area contributed by atoms with Crippen LogP contribution in [0.1, 0.15) is 25.3 Å². The number of hydrogen-bond acceptors (Lipinski definition) is 4. The molecule has 0 unspecified atom stereocenters. The normalized spacial score (nSPS) is 15.4. The number of amides is 1. The smallest absolute Gasteiger partial charge is 0.241 e. The molecular formula is C18H20N2O4S. The van der Waals surface area contributed by atoms with Gasteiger partial charge < -0.3 is 10.1 Å². The summed E-state index contributed by atoms with van der Waals surface area (Å²) in [4.78, 5) is 11.2. The minimum Gasteiger partial charge on any atom is -0.497 e. The van der Waals surface area contributed by atoms with E-state index in [2.05, 4.69) is 10.0 Å². The first-order chi connectivity index (χ1) is 11.8. The van der Waals surface area contributed by atoms with E-state index in [1.807, 2.05) is 24.3 Å². The van der Waals surface area contributed by atoms with E-state index in [9.17, 15) is 13.2 Å². The number of nitrogens with one attached hydrogen (secondary N) is 2. The van der Waals surface area contributed by atoms with Gasteiger partial charge in [0, 0.05) is 12.6 Å². The Morgan fingerprint density at radius 3 is 2.12 bits per heavy atom. The molecule has 0 aromatic heterocycles. The van der Waals surface area contributed by atoms with Gasteiger partial charge in [-0.2, -0.15) is 0 Å². The third kappa shape index (κ3) is 3.83. The van der Waals surface area contributed by atoms with Crippen LogP contribution in [0.3, 0.4) is 0 Å². The average molecular weight is 360 g/mol. The van der Waals surface area contributed by atoms with Crippen LogP contribution in [0.2, 0.25) is 0 Å². The third-order valence-electron chi connectivity index (χ3n) is 4.21. The van der Waals surface area contributed by atoms with Crippen LogP contribution in [-0.2, 0) is 20.4 Å². The standard InChI is InChI=1S/C18H20N2O4S/c1-13(21)19-15-5-9-17(10-6-15)25(22,23)20-18(11-12-18)14-3-7-16(24-2)8-4-14/h3-10,20H,11-12H2,1-2H3,(H,19,21). The quantitative estimate of drug-likeness (QED) is 0.829. The molecule has 1 saturated carbocycles. The second kappa shape index (κ2) is 6.50. The molecule has 2 aromatic rings. The molecule has 2 aromatic carbocycles. The molecule has 1 amide bonds. The summed E-state index contributed by atoms with van der Waals surface area (Å²) in [7, 11) is -2.07. The maximum atomic E-state index is 12.7. The number of carbonyl (C=O) groups is 1. The highest BCUT2D eigenvalue weighted by molar-refractivity contribution is 7.89. The van der Waals surface area contributed by atoms with Gasteiger partial charge in [-0.3, -0.25) is 4.79 Å². The second-order valence-corrected chi connectivity index (χ2v) is 7.80. The zero-order valence-corrected chi connectivity index (χ0v) is 14.9. The molecule has 7 heteroatoms. The van der Waals surface area contributed by atoms with E-state index in [-0.39, 0.29) is 10.8 Å². The number of sulfonamides is 1. The fourth-order valence-corrected chi connectivity index (χ4v) is 4.17. The lowest BCUT2D eigenvalue weighted by Crippen LogP contribution is -2.34. The summed E-state index contributed by atoms with van der Waals surface area (Å²) in [5.74, 6) is 0.529. The summed E-state index contributed by atoms with van der Waals surface area (Å²) < 4.78 is 33.3. The van der Waals surface area contributed by atoms with Crippen LogP contribution in [0.5, 0.6) is 5.75 Å². The molecule has 3 rings (SSSR count). The summed E-state index contributed by atoms with van der Waals surface area (Å²) in [5.41, 5.74) is 0.927. The number of ether oxygens (including phenoxy) is 1. The van der Waals surface area contributed by atoms with Crippen molar-refractivity contribution < 1.29 is 17.9 Å². The highest BCUT2D eigenvalue weighted by atomic mass is 32.2. The van der Waals surface area contributed by atoms with Gasteiger partial charge in [0.15, 0.2) is 0 Å². The van der Waals surface area contributed by atoms with E-state index in [1.165, 1.54) is 19.1 Å². The van der Waals surface area contributed by atoms with Gasteiger partial charge in [-0.15, -0.1) is 0 Å². The predicted octanol–water partition coefficient (Wildman–Crippen LogP) is 2.62. The summed E-state index contributed by atoms with van der Waals surface area (Å²) >= 11 is 0. The zero-order chi connectivity index (χ0) is 18.1. The number of methoxy groups -OCH3 is 1. The molecule has 1 fully saturated rings. The van der Waals surface area contributed by atoms with Gasteiger partial charge in [-0.05, 0) is 54.8 Å². The number of benzene rings is 2. The average Bonchev–Trinajstić information content (AvgIpc) is 3.35. The Kier molecular flexibility index (Phi) is 4.53. The second-order valence-electron chi connectivity index (χ2n) is 6.12. The van der Waals surface area contributed by atoms with Gasteiger partial charge in [0.2, 0.25) is 15.9 Å². The Bertz CT molecular complexity index is 870. The van der Waals surface area contributed by atoms with Gasteiger partial charge in [0.1, 0.15) is 5.75 Å². The maximum Gasteiger partial charge on any atom is 0.241 e. The van der Waals surface area contributed by atoms with Crippen LogP contribution >= 0.6 is 0 Å². The van der Waals surface area contributed by atoms with Crippen LogP contribution in [0.25, 0.3) is 0 Å². The molecule has 1 aliphatic rings. The molecule has 132 valence electrons. The van der Waals surface area contributed by atoms with Crippen molar-refractivity contribution in [2.45, 2.75) is 30.2 Å². The van der Waals surface area contributed by atoms with Crippen molar-refractivity contribution in [2.24, 2.45) is 0 Å². The van der Waals surface area contributed by atoms with Crippen molar-refractivity contribution in [3.8, 4) is 5.75 Å². The van der Waals surface area contributed by atoms with Gasteiger partial charge in [-0.25, -0.2) is 13.1 Å². The van der Waals surface area contributed by atoms with Gasteiger partial charge in [0.05, 0.1) is 17.5 Å². The fraction of sp³-hybridized carbons (Fsp3) is 0.278. The van der Waals surface area contributed by atoms with E-state index in [0.717, 1.165) is 24.2 Å². The molecule has 0 saturated heterocycles. The molecule has 0 radical (unpaired) electrons. The third-order valence-corrected chi connectivity index (χ3v) is 5.76. The van der Waals surface area contributed by atoms with E-state index in [0.29, 0.717) is 5.69 Å². The number of carbonyl (C=O) groups excluding carboxylic acids is 1. The predicted molar refractivity (Wildman–Crippen MR) is 95.0 cm³/mol. The number of anilines is 1. The molecule has 0 spiro atoms. The molecule has 2 N–H and O–H groups in total. The summed E-state index contributed by atoms with van der Waals surface area (Å²) in [5, 5.41) is 2.61. The van der Waals surface area contributed by atoms with E-state index < -0.39 is 15.6 Å². The highest BCUT2D eigenvalue weighted by Gasteiger charge is 2.47. The van der Waals surface area contributed by atoms with Gasteiger partial charge in [-0.1, -0.05) is 12.1 Å². The summed E-state index contributed by atoms with van der Waals surface area (Å²) in [6.45, 7) is 1.40. The van der Waals surface area contributed by atoms with Gasteiger partial charge >= 0.3 is 0 Å². The Balaban J connectivity index is 1.79. The lowest BCUT2D eigenvalue weighted by molar-refractivity contribution is -0.114. The largest absolute Gasteiger partial charge is 0.497 e. The Hall–Kier alpha value is -2.38. The van der Waals surface area contributed by atoms with E-state index >= 15 is 0 Å². The van der Waals surface area contributed by atoms with Crippen LogP contribution in [0.15, 0.2) is 53.4 Å². The zero-order valence-electron chi connectivity index (χ0n) is 14.1. The minimum atomic E-state index is -3.66. The fourth-order valence-electron chi connectivity index (χ4n) is 2.72. The first-order valence-electron chi connectivity index (χ1n) is 7.91. The van der Waals surface area contributed by atoms with Crippen LogP contribution in [0, 0.1) is 0 Å². The molecular weight excluding hydrogens is 340 g/mol. The van der Waals surface area contributed by atoms with E-state index in [4.69, 9.17) is 4.74 Å². The topological polar surface area (TPSA) is 84.5 Å². The Morgan fingerprint density at radius 2 is 1.64 bits per heavy atom. The monoisotopic (exact) mass is 360 g/mol. The number of rotatable bonds is 6. The Labute approximate surface area is 147 Å². The van der Waals surface area contributed by atoms with Crippen molar-refractivity contribution in [3.63, 3.8) is 0 Å². The maximum absolute atomic E-state index is 12.7.